The number of benzene rings is 1. The molecule has 108 valence electrons. The summed E-state index contributed by atoms with van der Waals surface area (Å²) >= 11 is 7.64. The monoisotopic (exact) mass is 312 g/mol. The second-order valence-electron chi connectivity index (χ2n) is 4.72. The third-order valence-electron chi connectivity index (χ3n) is 2.80. The number of halogens is 1. The molecule has 1 aromatic carbocycles. The van der Waals surface area contributed by atoms with Crippen LogP contribution in [0.2, 0.25) is 5.02 Å². The van der Waals surface area contributed by atoms with Crippen LogP contribution in [-0.2, 0) is 0 Å². The average Bonchev–Trinajstić information content (AvgIpc) is 2.94. The predicted molar refractivity (Wildman–Crippen MR) is 81.9 cm³/mol. The van der Waals surface area contributed by atoms with Gasteiger partial charge < -0.3 is 9.52 Å². The fraction of sp³-hybridized carbons (Fsp3) is 0.429. The van der Waals surface area contributed by atoms with Crippen LogP contribution >= 0.6 is 23.4 Å². The van der Waals surface area contributed by atoms with Crippen molar-refractivity contribution in [3.05, 3.63) is 35.2 Å². The Morgan fingerprint density at radius 1 is 1.35 bits per heavy atom. The second kappa shape index (κ2) is 7.11. The first-order chi connectivity index (χ1) is 9.60. The number of aromatic nitrogens is 2. The van der Waals surface area contributed by atoms with Crippen LogP contribution in [0.3, 0.4) is 0 Å². The van der Waals surface area contributed by atoms with Crippen molar-refractivity contribution in [1.82, 2.24) is 10.2 Å². The highest BCUT2D eigenvalue weighted by molar-refractivity contribution is 7.99. The minimum absolute atomic E-state index is 0.101. The van der Waals surface area contributed by atoms with E-state index in [4.69, 9.17) is 21.1 Å². The van der Waals surface area contributed by atoms with Gasteiger partial charge in [-0.15, -0.1) is 22.0 Å². The van der Waals surface area contributed by atoms with Crippen molar-refractivity contribution in [1.29, 1.82) is 0 Å². The lowest BCUT2D eigenvalue weighted by Gasteiger charge is -2.10. The van der Waals surface area contributed by atoms with Gasteiger partial charge in [-0.3, -0.25) is 0 Å². The average molecular weight is 313 g/mol. The molecule has 0 saturated carbocycles. The first-order valence-corrected chi connectivity index (χ1v) is 7.84. The molecule has 0 amide bonds. The van der Waals surface area contributed by atoms with Crippen molar-refractivity contribution in [3.63, 3.8) is 0 Å². The molecule has 4 nitrogen and oxygen atoms in total. The van der Waals surface area contributed by atoms with Gasteiger partial charge >= 0.3 is 0 Å². The van der Waals surface area contributed by atoms with Gasteiger partial charge in [0.05, 0.1) is 5.25 Å². The summed E-state index contributed by atoms with van der Waals surface area (Å²) in [7, 11) is 0. The smallest absolute Gasteiger partial charge is 0.247 e. The summed E-state index contributed by atoms with van der Waals surface area (Å²) in [5, 5.41) is 17.9. The predicted octanol–water partition coefficient (Wildman–Crippen LogP) is 3.81. The summed E-state index contributed by atoms with van der Waals surface area (Å²) in [5.41, 5.74) is 0.817. The summed E-state index contributed by atoms with van der Waals surface area (Å²) < 4.78 is 5.69. The number of thioether (sulfide) groups is 1. The first-order valence-electron chi connectivity index (χ1n) is 6.42. The fourth-order valence-corrected chi connectivity index (χ4v) is 2.72. The van der Waals surface area contributed by atoms with E-state index in [-0.39, 0.29) is 17.8 Å². The molecule has 0 fully saturated rings. The van der Waals surface area contributed by atoms with Gasteiger partial charge in [-0.1, -0.05) is 24.6 Å². The van der Waals surface area contributed by atoms with E-state index in [2.05, 4.69) is 10.2 Å². The van der Waals surface area contributed by atoms with E-state index < -0.39 is 0 Å². The third-order valence-corrected chi connectivity index (χ3v) is 4.50. The van der Waals surface area contributed by atoms with Crippen LogP contribution in [0.1, 0.15) is 25.0 Å². The maximum absolute atomic E-state index is 9.02. The summed E-state index contributed by atoms with van der Waals surface area (Å²) in [6.07, 6.45) is 0. The van der Waals surface area contributed by atoms with E-state index in [9.17, 15) is 0 Å². The zero-order valence-electron chi connectivity index (χ0n) is 11.4. The van der Waals surface area contributed by atoms with Gasteiger partial charge in [-0.05, 0) is 36.8 Å². The second-order valence-corrected chi connectivity index (χ2v) is 6.53. The molecule has 0 bridgehead atoms. The van der Waals surface area contributed by atoms with Crippen LogP contribution < -0.4 is 0 Å². The molecule has 2 rings (SSSR count). The lowest BCUT2D eigenvalue weighted by molar-refractivity contribution is 0.250. The minimum Gasteiger partial charge on any atom is -0.420 e. The first kappa shape index (κ1) is 15.4. The maximum atomic E-state index is 9.02. The van der Waals surface area contributed by atoms with Gasteiger partial charge in [0.15, 0.2) is 0 Å². The Labute approximate surface area is 127 Å². The zero-order valence-corrected chi connectivity index (χ0v) is 13.0. The number of rotatable bonds is 6. The van der Waals surface area contributed by atoms with Crippen LogP contribution in [0.15, 0.2) is 28.7 Å². The van der Waals surface area contributed by atoms with Crippen LogP contribution in [0.25, 0.3) is 11.5 Å². The van der Waals surface area contributed by atoms with Gasteiger partial charge in [0, 0.05) is 17.2 Å². The zero-order chi connectivity index (χ0) is 14.5. The minimum atomic E-state index is 0.101. The quantitative estimate of drug-likeness (QED) is 0.879. The largest absolute Gasteiger partial charge is 0.420 e. The van der Waals surface area contributed by atoms with E-state index in [0.29, 0.717) is 16.8 Å². The number of aliphatic hydroxyl groups excluding tert-OH is 1. The SMILES string of the molecule is CC(CO)CSC(C)c1nnc(-c2cccc(Cl)c2)o1. The molecule has 1 heterocycles. The molecule has 2 atom stereocenters. The third kappa shape index (κ3) is 3.98. The highest BCUT2D eigenvalue weighted by Crippen LogP contribution is 2.31. The Hall–Kier alpha value is -1.04. The van der Waals surface area contributed by atoms with Crippen molar-refractivity contribution in [2.24, 2.45) is 5.92 Å². The van der Waals surface area contributed by atoms with E-state index >= 15 is 0 Å². The van der Waals surface area contributed by atoms with Gasteiger partial charge in [0.1, 0.15) is 0 Å². The molecule has 0 spiro atoms. The summed E-state index contributed by atoms with van der Waals surface area (Å²) in [4.78, 5) is 0. The molecule has 0 saturated heterocycles. The summed E-state index contributed by atoms with van der Waals surface area (Å²) in [6.45, 7) is 4.21. The van der Waals surface area contributed by atoms with E-state index in [0.717, 1.165) is 11.3 Å². The molecule has 0 aliphatic carbocycles. The van der Waals surface area contributed by atoms with Gasteiger partial charge in [0.2, 0.25) is 11.8 Å². The van der Waals surface area contributed by atoms with E-state index in [1.807, 2.05) is 26.0 Å². The Balaban J connectivity index is 2.05. The van der Waals surface area contributed by atoms with Crippen LogP contribution in [0.4, 0.5) is 0 Å². The van der Waals surface area contributed by atoms with E-state index in [1.54, 1.807) is 23.9 Å². The number of hydrogen-bond acceptors (Lipinski definition) is 5. The number of nitrogens with zero attached hydrogens (tertiary/aromatic N) is 2. The Kier molecular flexibility index (Phi) is 5.46. The maximum Gasteiger partial charge on any atom is 0.247 e. The molecule has 1 aromatic heterocycles. The molecule has 0 aliphatic heterocycles. The summed E-state index contributed by atoms with van der Waals surface area (Å²) in [6, 6.07) is 7.33. The summed E-state index contributed by atoms with van der Waals surface area (Å²) in [5.74, 6) is 2.19. The van der Waals surface area contributed by atoms with Gasteiger partial charge in [0.25, 0.3) is 0 Å². The number of aliphatic hydroxyl groups is 1. The van der Waals surface area contributed by atoms with E-state index in [1.165, 1.54) is 0 Å². The Bertz CT molecular complexity index is 562. The molecule has 0 aliphatic rings. The Morgan fingerprint density at radius 3 is 2.85 bits per heavy atom. The number of hydrogen-bond donors (Lipinski definition) is 1. The normalized spacial score (nSPS) is 14.2. The fourth-order valence-electron chi connectivity index (χ4n) is 1.57. The molecular formula is C14H17ClN2O2S. The topological polar surface area (TPSA) is 59.2 Å². The molecular weight excluding hydrogens is 296 g/mol. The molecule has 2 unspecified atom stereocenters. The molecule has 6 heteroatoms. The lowest BCUT2D eigenvalue weighted by Crippen LogP contribution is -2.04. The highest BCUT2D eigenvalue weighted by Gasteiger charge is 2.16. The molecule has 20 heavy (non-hydrogen) atoms. The standard InChI is InChI=1S/C14H17ClN2O2S/c1-9(7-18)8-20-10(2)13-16-17-14(19-13)11-4-3-5-12(15)6-11/h3-6,9-10,18H,7-8H2,1-2H3. The van der Waals surface area contributed by atoms with Crippen LogP contribution in [0, 0.1) is 5.92 Å². The Morgan fingerprint density at radius 2 is 2.15 bits per heavy atom. The van der Waals surface area contributed by atoms with Gasteiger partial charge in [-0.25, -0.2) is 0 Å². The van der Waals surface area contributed by atoms with Crippen molar-refractivity contribution in [3.8, 4) is 11.5 Å². The van der Waals surface area contributed by atoms with Crippen molar-refractivity contribution in [2.45, 2.75) is 19.1 Å². The molecule has 0 radical (unpaired) electrons. The molecule has 1 N–H and O–H groups in total. The van der Waals surface area contributed by atoms with Crippen molar-refractivity contribution >= 4 is 23.4 Å². The lowest BCUT2D eigenvalue weighted by atomic mass is 10.2. The van der Waals surface area contributed by atoms with Crippen molar-refractivity contribution in [2.75, 3.05) is 12.4 Å². The highest BCUT2D eigenvalue weighted by atomic mass is 35.5. The van der Waals surface area contributed by atoms with Crippen LogP contribution in [0.5, 0.6) is 0 Å². The van der Waals surface area contributed by atoms with Crippen LogP contribution in [-0.4, -0.2) is 27.7 Å². The van der Waals surface area contributed by atoms with Crippen molar-refractivity contribution < 1.29 is 9.52 Å². The molecule has 2 aromatic rings. The van der Waals surface area contributed by atoms with Gasteiger partial charge in [-0.2, -0.15) is 0 Å².